The summed E-state index contributed by atoms with van der Waals surface area (Å²) < 4.78 is 16.8. The quantitative estimate of drug-likeness (QED) is 0.0199. The van der Waals surface area contributed by atoms with Gasteiger partial charge in [0, 0.05) is 19.3 Å². The average molecular weight is 974 g/mol. The zero-order valence-corrected chi connectivity index (χ0v) is 45.8. The van der Waals surface area contributed by atoms with Gasteiger partial charge in [0.05, 0.1) is 0 Å². The second kappa shape index (κ2) is 57.9. The summed E-state index contributed by atoms with van der Waals surface area (Å²) in [6.45, 7) is 6.53. The van der Waals surface area contributed by atoms with Crippen molar-refractivity contribution in [3.8, 4) is 0 Å². The zero-order chi connectivity index (χ0) is 50.7. The Morgan fingerprint density at radius 3 is 1.00 bits per heavy atom. The lowest BCUT2D eigenvalue weighted by Gasteiger charge is -2.18. The summed E-state index contributed by atoms with van der Waals surface area (Å²) >= 11 is 0. The third kappa shape index (κ3) is 55.3. The van der Waals surface area contributed by atoms with Gasteiger partial charge in [0.25, 0.3) is 0 Å². The molecule has 0 saturated carbocycles. The summed E-state index contributed by atoms with van der Waals surface area (Å²) in [4.78, 5) is 38.2. The smallest absolute Gasteiger partial charge is 0.306 e. The molecule has 0 amide bonds. The van der Waals surface area contributed by atoms with Crippen LogP contribution in [0.2, 0.25) is 0 Å². The number of hydrogen-bond acceptors (Lipinski definition) is 6. The lowest BCUT2D eigenvalue weighted by molar-refractivity contribution is -0.167. The predicted octanol–water partition coefficient (Wildman–Crippen LogP) is 19.7. The van der Waals surface area contributed by atoms with E-state index in [0.717, 1.165) is 89.9 Å². The molecule has 70 heavy (non-hydrogen) atoms. The molecule has 0 fully saturated rings. The van der Waals surface area contributed by atoms with E-state index in [9.17, 15) is 14.4 Å². The normalized spacial score (nSPS) is 12.8. The third-order valence-electron chi connectivity index (χ3n) is 12.3. The molecule has 0 N–H and O–H groups in total. The van der Waals surface area contributed by atoms with Crippen molar-refractivity contribution >= 4 is 17.9 Å². The molecular weight excluding hydrogens is 865 g/mol. The minimum absolute atomic E-state index is 0.109. The van der Waals surface area contributed by atoms with E-state index >= 15 is 0 Å². The van der Waals surface area contributed by atoms with Crippen LogP contribution in [0, 0.1) is 0 Å². The topological polar surface area (TPSA) is 78.9 Å². The van der Waals surface area contributed by atoms with E-state index in [0.29, 0.717) is 19.3 Å². The van der Waals surface area contributed by atoms with Crippen molar-refractivity contribution in [3.05, 3.63) is 97.2 Å². The highest BCUT2D eigenvalue weighted by Crippen LogP contribution is 2.14. The molecule has 0 aromatic heterocycles. The molecule has 0 radical (unpaired) electrons. The van der Waals surface area contributed by atoms with Gasteiger partial charge in [-0.15, -0.1) is 0 Å². The van der Waals surface area contributed by atoms with Crippen molar-refractivity contribution in [2.75, 3.05) is 13.2 Å². The van der Waals surface area contributed by atoms with Gasteiger partial charge in [0.15, 0.2) is 6.10 Å². The van der Waals surface area contributed by atoms with Crippen LogP contribution in [0.5, 0.6) is 0 Å². The van der Waals surface area contributed by atoms with Gasteiger partial charge in [0.1, 0.15) is 13.2 Å². The molecule has 6 heteroatoms. The molecule has 0 saturated heterocycles. The van der Waals surface area contributed by atoms with Crippen LogP contribution in [0.1, 0.15) is 271 Å². The predicted molar refractivity (Wildman–Crippen MR) is 302 cm³/mol. The van der Waals surface area contributed by atoms with Gasteiger partial charge in [0.2, 0.25) is 0 Å². The van der Waals surface area contributed by atoms with Crippen molar-refractivity contribution < 1.29 is 28.6 Å². The molecule has 0 heterocycles. The van der Waals surface area contributed by atoms with Crippen molar-refractivity contribution in [1.29, 1.82) is 0 Å². The number of carbonyl (C=O) groups excluding carboxylic acids is 3. The molecule has 0 aliphatic carbocycles. The monoisotopic (exact) mass is 973 g/mol. The van der Waals surface area contributed by atoms with Crippen LogP contribution in [0.4, 0.5) is 0 Å². The van der Waals surface area contributed by atoms with Gasteiger partial charge in [-0.1, -0.05) is 240 Å². The molecule has 0 aliphatic rings. The molecule has 0 spiro atoms. The van der Waals surface area contributed by atoms with Crippen molar-refractivity contribution in [2.24, 2.45) is 0 Å². The lowest BCUT2D eigenvalue weighted by Crippen LogP contribution is -2.30. The lowest BCUT2D eigenvalue weighted by atomic mass is 10.1. The van der Waals surface area contributed by atoms with E-state index in [1.165, 1.54) is 135 Å². The van der Waals surface area contributed by atoms with Crippen LogP contribution in [0.15, 0.2) is 97.2 Å². The fraction of sp³-hybridized carbons (Fsp3) is 0.703. The molecule has 0 aromatic rings. The first-order valence-electron chi connectivity index (χ1n) is 29.3. The highest BCUT2D eigenvalue weighted by atomic mass is 16.6. The van der Waals surface area contributed by atoms with Crippen molar-refractivity contribution in [2.45, 2.75) is 277 Å². The fourth-order valence-corrected chi connectivity index (χ4v) is 7.90. The number of rotatable bonds is 52. The molecule has 6 nitrogen and oxygen atoms in total. The summed E-state index contributed by atoms with van der Waals surface area (Å²) in [5.41, 5.74) is 0. The van der Waals surface area contributed by atoms with Crippen LogP contribution in [-0.2, 0) is 28.6 Å². The molecule has 400 valence electrons. The van der Waals surface area contributed by atoms with Crippen LogP contribution >= 0.6 is 0 Å². The first-order chi connectivity index (χ1) is 34.5. The Hall–Kier alpha value is -3.67. The number of unbranched alkanes of at least 4 members (excludes halogenated alkanes) is 27. The molecule has 0 rings (SSSR count). The van der Waals surface area contributed by atoms with Crippen molar-refractivity contribution in [3.63, 3.8) is 0 Å². The van der Waals surface area contributed by atoms with Crippen LogP contribution < -0.4 is 0 Å². The van der Waals surface area contributed by atoms with Gasteiger partial charge < -0.3 is 14.2 Å². The third-order valence-corrected chi connectivity index (χ3v) is 12.3. The second-order valence-corrected chi connectivity index (χ2v) is 19.3. The second-order valence-electron chi connectivity index (χ2n) is 19.3. The van der Waals surface area contributed by atoms with Gasteiger partial charge in [-0.25, -0.2) is 0 Å². The van der Waals surface area contributed by atoms with E-state index in [-0.39, 0.29) is 37.5 Å². The first-order valence-corrected chi connectivity index (χ1v) is 29.3. The standard InChI is InChI=1S/C64H108O6/c1-4-7-10-13-16-19-22-25-28-31-34-36-39-42-45-48-51-54-57-63(66)69-60-61(70-64(67)58-55-52-49-46-43-40-37-33-30-27-24-21-18-15-12-9-6-3)59-68-62(65)56-53-50-47-44-41-38-35-32-29-26-23-20-17-14-11-8-5-2/h18,21-22,25-31,34,36-37,40,46,49,61H,4-17,19-20,23-24,32-33,35,38-39,41-45,47-48,50-60H2,1-3H3/b21-18-,25-22-,29-26-,30-27-,31-28-,36-34-,40-37-,49-46-. The van der Waals surface area contributed by atoms with Crippen LogP contribution in [-0.4, -0.2) is 37.2 Å². The largest absolute Gasteiger partial charge is 0.462 e. The highest BCUT2D eigenvalue weighted by Gasteiger charge is 2.19. The molecule has 0 aromatic carbocycles. The Morgan fingerprint density at radius 2 is 0.586 bits per heavy atom. The molecule has 1 atom stereocenters. The van der Waals surface area contributed by atoms with Gasteiger partial charge in [-0.3, -0.25) is 14.4 Å². The van der Waals surface area contributed by atoms with E-state index in [1.54, 1.807) is 0 Å². The van der Waals surface area contributed by atoms with Crippen molar-refractivity contribution in [1.82, 2.24) is 0 Å². The molecular formula is C64H108O6. The van der Waals surface area contributed by atoms with Crippen LogP contribution in [0.25, 0.3) is 0 Å². The summed E-state index contributed by atoms with van der Waals surface area (Å²) in [7, 11) is 0. The Kier molecular flexibility index (Phi) is 54.9. The van der Waals surface area contributed by atoms with Crippen LogP contribution in [0.3, 0.4) is 0 Å². The average Bonchev–Trinajstić information content (AvgIpc) is 3.36. The van der Waals surface area contributed by atoms with E-state index in [1.807, 2.05) is 0 Å². The van der Waals surface area contributed by atoms with Gasteiger partial charge >= 0.3 is 17.9 Å². The number of ether oxygens (including phenoxy) is 3. The molecule has 0 bridgehead atoms. The number of hydrogen-bond donors (Lipinski definition) is 0. The van der Waals surface area contributed by atoms with E-state index in [2.05, 4.69) is 118 Å². The minimum Gasteiger partial charge on any atom is -0.462 e. The SMILES string of the molecule is CCCCC/C=C\C/C=C\C/C=C\C/C=C\CCCC(=O)OC(COC(=O)CCCCCCC\C=C/C=C\C=C/CCCCCCC)COC(=O)CCCCCCCCC/C=C\CCCCCCCC. The van der Waals surface area contributed by atoms with Gasteiger partial charge in [-0.2, -0.15) is 0 Å². The summed E-state index contributed by atoms with van der Waals surface area (Å²) in [6, 6.07) is 0. The maximum absolute atomic E-state index is 12.8. The highest BCUT2D eigenvalue weighted by molar-refractivity contribution is 5.71. The fourth-order valence-electron chi connectivity index (χ4n) is 7.90. The maximum Gasteiger partial charge on any atom is 0.306 e. The first kappa shape index (κ1) is 66.3. The number of allylic oxidation sites excluding steroid dienone is 16. The Bertz CT molecular complexity index is 1400. The summed E-state index contributed by atoms with van der Waals surface area (Å²) in [5, 5.41) is 0. The maximum atomic E-state index is 12.8. The molecule has 1 unspecified atom stereocenters. The number of esters is 3. The number of carbonyl (C=O) groups is 3. The minimum atomic E-state index is -0.818. The zero-order valence-electron chi connectivity index (χ0n) is 45.8. The molecule has 0 aliphatic heterocycles. The Morgan fingerprint density at radius 1 is 0.300 bits per heavy atom. The Labute approximate surface area is 432 Å². The van der Waals surface area contributed by atoms with E-state index < -0.39 is 6.10 Å². The Balaban J connectivity index is 4.52. The summed E-state index contributed by atoms with van der Waals surface area (Å²) in [5.74, 6) is -0.986. The van der Waals surface area contributed by atoms with Gasteiger partial charge in [-0.05, 0) is 109 Å². The summed E-state index contributed by atoms with van der Waals surface area (Å²) in [6.07, 6.45) is 76.8. The van der Waals surface area contributed by atoms with E-state index in [4.69, 9.17) is 14.2 Å².